The molecule has 4 rings (SSSR count). The van der Waals surface area contributed by atoms with E-state index < -0.39 is 0 Å². The summed E-state index contributed by atoms with van der Waals surface area (Å²) in [5.41, 5.74) is 1.50. The Hall–Kier alpha value is -2.57. The van der Waals surface area contributed by atoms with Gasteiger partial charge in [-0.3, -0.25) is 9.36 Å². The van der Waals surface area contributed by atoms with Crippen molar-refractivity contribution in [2.24, 2.45) is 0 Å². The molecule has 2 aromatic carbocycles. The van der Waals surface area contributed by atoms with Gasteiger partial charge in [-0.25, -0.2) is 9.97 Å². The van der Waals surface area contributed by atoms with Gasteiger partial charge in [0.05, 0.1) is 16.2 Å². The SMILES string of the molecule is CC(Sc1nccn1-c1cccc(Cl)c1)c1nc2ccccc2c(=O)[nH]1. The van der Waals surface area contributed by atoms with Crippen molar-refractivity contribution in [1.29, 1.82) is 0 Å². The Kier molecular flexibility index (Phi) is 4.53. The van der Waals surface area contributed by atoms with Crippen LogP contribution in [0.3, 0.4) is 0 Å². The Bertz CT molecular complexity index is 1140. The van der Waals surface area contributed by atoms with Crippen LogP contribution in [0, 0.1) is 0 Å². The molecule has 0 spiro atoms. The third-order valence-electron chi connectivity index (χ3n) is 3.99. The number of rotatable bonds is 4. The highest BCUT2D eigenvalue weighted by molar-refractivity contribution is 7.99. The van der Waals surface area contributed by atoms with E-state index >= 15 is 0 Å². The van der Waals surface area contributed by atoms with E-state index in [1.807, 2.05) is 60.2 Å². The molecular weight excluding hydrogens is 368 g/mol. The largest absolute Gasteiger partial charge is 0.309 e. The molecule has 2 aromatic heterocycles. The number of nitrogens with one attached hydrogen (secondary N) is 1. The van der Waals surface area contributed by atoms with Crippen molar-refractivity contribution in [3.63, 3.8) is 0 Å². The number of halogens is 1. The van der Waals surface area contributed by atoms with E-state index in [1.54, 1.807) is 12.3 Å². The van der Waals surface area contributed by atoms with Gasteiger partial charge in [0, 0.05) is 23.1 Å². The molecule has 0 aliphatic carbocycles. The maximum Gasteiger partial charge on any atom is 0.258 e. The number of hydrogen-bond acceptors (Lipinski definition) is 4. The second kappa shape index (κ2) is 6.97. The predicted molar refractivity (Wildman–Crippen MR) is 105 cm³/mol. The van der Waals surface area contributed by atoms with Crippen LogP contribution in [0.1, 0.15) is 18.0 Å². The van der Waals surface area contributed by atoms with E-state index in [0.717, 1.165) is 10.8 Å². The summed E-state index contributed by atoms with van der Waals surface area (Å²) in [5.74, 6) is 0.624. The Morgan fingerprint density at radius 1 is 1.19 bits per heavy atom. The summed E-state index contributed by atoms with van der Waals surface area (Å²) in [5, 5.41) is 1.98. The number of aromatic nitrogens is 4. The molecule has 0 bridgehead atoms. The van der Waals surface area contributed by atoms with Crippen molar-refractivity contribution >= 4 is 34.3 Å². The molecule has 0 aliphatic rings. The van der Waals surface area contributed by atoms with Crippen LogP contribution in [0.5, 0.6) is 0 Å². The van der Waals surface area contributed by atoms with Gasteiger partial charge in [-0.1, -0.05) is 41.6 Å². The lowest BCUT2D eigenvalue weighted by atomic mass is 10.2. The minimum atomic E-state index is -0.128. The van der Waals surface area contributed by atoms with E-state index in [2.05, 4.69) is 15.0 Å². The van der Waals surface area contributed by atoms with Crippen LogP contribution in [0.2, 0.25) is 5.02 Å². The predicted octanol–water partition coefficient (Wildman–Crippen LogP) is 4.62. The molecule has 5 nitrogen and oxygen atoms in total. The van der Waals surface area contributed by atoms with Crippen molar-refractivity contribution in [1.82, 2.24) is 19.5 Å². The highest BCUT2D eigenvalue weighted by Gasteiger charge is 2.16. The van der Waals surface area contributed by atoms with Gasteiger partial charge in [-0.15, -0.1) is 0 Å². The van der Waals surface area contributed by atoms with Crippen molar-refractivity contribution < 1.29 is 0 Å². The lowest BCUT2D eigenvalue weighted by molar-refractivity contribution is 0.869. The third-order valence-corrected chi connectivity index (χ3v) is 5.32. The Morgan fingerprint density at radius 3 is 2.88 bits per heavy atom. The number of H-pyrrole nitrogens is 1. The summed E-state index contributed by atoms with van der Waals surface area (Å²) < 4.78 is 1.96. The first-order valence-electron chi connectivity index (χ1n) is 8.07. The Morgan fingerprint density at radius 2 is 2.04 bits per heavy atom. The topological polar surface area (TPSA) is 63.6 Å². The number of nitrogens with zero attached hydrogens (tertiary/aromatic N) is 3. The lowest BCUT2D eigenvalue weighted by Gasteiger charge is -2.13. The summed E-state index contributed by atoms with van der Waals surface area (Å²) >= 11 is 7.62. The van der Waals surface area contributed by atoms with Gasteiger partial charge in [-0.2, -0.15) is 0 Å². The minimum Gasteiger partial charge on any atom is -0.309 e. The molecule has 1 N–H and O–H groups in total. The van der Waals surface area contributed by atoms with Gasteiger partial charge in [0.1, 0.15) is 5.82 Å². The Balaban J connectivity index is 1.67. The number of fused-ring (bicyclic) bond motifs is 1. The van der Waals surface area contributed by atoms with Gasteiger partial charge >= 0.3 is 0 Å². The third kappa shape index (κ3) is 3.25. The van der Waals surface area contributed by atoms with Crippen LogP contribution in [-0.4, -0.2) is 19.5 Å². The molecule has 26 heavy (non-hydrogen) atoms. The summed E-state index contributed by atoms with van der Waals surface area (Å²) in [6, 6.07) is 14.9. The van der Waals surface area contributed by atoms with Gasteiger partial charge < -0.3 is 4.98 Å². The van der Waals surface area contributed by atoms with E-state index in [1.165, 1.54) is 11.8 Å². The first-order chi connectivity index (χ1) is 12.6. The van der Waals surface area contributed by atoms with Crippen LogP contribution in [0.25, 0.3) is 16.6 Å². The van der Waals surface area contributed by atoms with Crippen molar-refractivity contribution in [3.05, 3.63) is 82.1 Å². The highest BCUT2D eigenvalue weighted by atomic mass is 35.5. The fourth-order valence-electron chi connectivity index (χ4n) is 2.71. The van der Waals surface area contributed by atoms with Gasteiger partial charge in [-0.05, 0) is 37.3 Å². The summed E-state index contributed by atoms with van der Waals surface area (Å²) in [6.45, 7) is 1.99. The van der Waals surface area contributed by atoms with Crippen LogP contribution in [0.4, 0.5) is 0 Å². The van der Waals surface area contributed by atoms with E-state index in [-0.39, 0.29) is 10.8 Å². The molecule has 0 amide bonds. The molecule has 0 saturated heterocycles. The number of para-hydroxylation sites is 1. The highest BCUT2D eigenvalue weighted by Crippen LogP contribution is 2.33. The zero-order valence-electron chi connectivity index (χ0n) is 13.9. The summed E-state index contributed by atoms with van der Waals surface area (Å²) in [7, 11) is 0. The van der Waals surface area contributed by atoms with Crippen LogP contribution >= 0.6 is 23.4 Å². The average molecular weight is 383 g/mol. The van der Waals surface area contributed by atoms with Gasteiger partial charge in [0.2, 0.25) is 0 Å². The summed E-state index contributed by atoms with van der Waals surface area (Å²) in [4.78, 5) is 24.2. The monoisotopic (exact) mass is 382 g/mol. The number of imidazole rings is 1. The van der Waals surface area contributed by atoms with E-state index in [9.17, 15) is 4.79 Å². The fourth-order valence-corrected chi connectivity index (χ4v) is 3.84. The average Bonchev–Trinajstić information content (AvgIpc) is 3.10. The van der Waals surface area contributed by atoms with Crippen LogP contribution < -0.4 is 5.56 Å². The lowest BCUT2D eigenvalue weighted by Crippen LogP contribution is -2.13. The number of aromatic amines is 1. The molecule has 0 aliphatic heterocycles. The molecule has 7 heteroatoms. The van der Waals surface area contributed by atoms with E-state index in [0.29, 0.717) is 21.7 Å². The molecule has 1 unspecified atom stereocenters. The minimum absolute atomic E-state index is 0.0763. The van der Waals surface area contributed by atoms with Gasteiger partial charge in [0.25, 0.3) is 5.56 Å². The van der Waals surface area contributed by atoms with E-state index in [4.69, 9.17) is 11.6 Å². The van der Waals surface area contributed by atoms with Gasteiger partial charge in [0.15, 0.2) is 5.16 Å². The molecule has 0 fully saturated rings. The number of hydrogen-bond donors (Lipinski definition) is 1. The van der Waals surface area contributed by atoms with Crippen molar-refractivity contribution in [3.8, 4) is 5.69 Å². The molecule has 4 aromatic rings. The fraction of sp³-hybridized carbons (Fsp3) is 0.105. The molecule has 0 saturated carbocycles. The van der Waals surface area contributed by atoms with Crippen molar-refractivity contribution in [2.75, 3.05) is 0 Å². The number of thioether (sulfide) groups is 1. The smallest absolute Gasteiger partial charge is 0.258 e. The zero-order chi connectivity index (χ0) is 18.1. The number of benzene rings is 2. The molecule has 1 atom stereocenters. The first-order valence-corrected chi connectivity index (χ1v) is 9.32. The molecule has 130 valence electrons. The molecular formula is C19H15ClN4OS. The zero-order valence-corrected chi connectivity index (χ0v) is 15.5. The second-order valence-electron chi connectivity index (χ2n) is 5.79. The maximum atomic E-state index is 12.3. The summed E-state index contributed by atoms with van der Waals surface area (Å²) in [6.07, 6.45) is 3.63. The molecule has 0 radical (unpaired) electrons. The maximum absolute atomic E-state index is 12.3. The Labute approximate surface area is 159 Å². The quantitative estimate of drug-likeness (QED) is 0.523. The second-order valence-corrected chi connectivity index (χ2v) is 7.53. The standard InChI is InChI=1S/C19H15ClN4OS/c1-12(17-22-16-8-3-2-7-15(16)18(25)23-17)26-19-21-9-10-24(19)14-6-4-5-13(20)11-14/h2-12H,1H3,(H,22,23,25). The van der Waals surface area contributed by atoms with Crippen LogP contribution in [0.15, 0.2) is 70.9 Å². The normalized spacial score (nSPS) is 12.4. The van der Waals surface area contributed by atoms with Crippen LogP contribution in [-0.2, 0) is 0 Å². The van der Waals surface area contributed by atoms with Crippen molar-refractivity contribution in [2.45, 2.75) is 17.3 Å². The molecule has 2 heterocycles. The first kappa shape index (κ1) is 16.9.